The highest BCUT2D eigenvalue weighted by Gasteiger charge is 2.47. The van der Waals surface area contributed by atoms with Gasteiger partial charge in [0.1, 0.15) is 5.82 Å². The van der Waals surface area contributed by atoms with Crippen LogP contribution in [0.1, 0.15) is 63.4 Å². The second-order valence-electron chi connectivity index (χ2n) is 7.00. The fourth-order valence-electron chi connectivity index (χ4n) is 4.07. The fraction of sp³-hybridized carbons (Fsp3) is 0.632. The molecule has 0 N–H and O–H groups in total. The van der Waals surface area contributed by atoms with E-state index in [1.165, 1.54) is 37.8 Å². The van der Waals surface area contributed by atoms with E-state index in [-0.39, 0.29) is 11.7 Å². The van der Waals surface area contributed by atoms with Crippen LogP contribution in [0.5, 0.6) is 0 Å². The molecule has 0 atom stereocenters. The van der Waals surface area contributed by atoms with E-state index in [4.69, 9.17) is 0 Å². The highest BCUT2D eigenvalue weighted by Crippen LogP contribution is 2.45. The minimum Gasteiger partial charge on any atom is -0.342 e. The van der Waals surface area contributed by atoms with E-state index in [0.717, 1.165) is 37.7 Å². The summed E-state index contributed by atoms with van der Waals surface area (Å²) in [7, 11) is 1.97. The largest absolute Gasteiger partial charge is 0.342 e. The molecule has 3 heteroatoms. The molecule has 0 bridgehead atoms. The molecule has 0 aliphatic heterocycles. The van der Waals surface area contributed by atoms with Crippen molar-refractivity contribution >= 4 is 5.91 Å². The Kier molecular flexibility index (Phi) is 4.51. The number of nitrogens with zero attached hydrogens (tertiary/aromatic N) is 1. The molecular weight excluding hydrogens is 277 g/mol. The molecule has 3 rings (SSSR count). The van der Waals surface area contributed by atoms with Gasteiger partial charge in [0.25, 0.3) is 0 Å². The maximum atomic E-state index is 13.2. The number of carbonyl (C=O) groups is 1. The van der Waals surface area contributed by atoms with Crippen LogP contribution in [0.25, 0.3) is 0 Å². The van der Waals surface area contributed by atoms with Crippen LogP contribution < -0.4 is 0 Å². The zero-order valence-electron chi connectivity index (χ0n) is 13.5. The van der Waals surface area contributed by atoms with Crippen LogP contribution in [0, 0.1) is 5.82 Å². The number of carbonyl (C=O) groups excluding carboxylic acids is 1. The topological polar surface area (TPSA) is 20.3 Å². The molecule has 22 heavy (non-hydrogen) atoms. The molecule has 1 aromatic carbocycles. The average Bonchev–Trinajstić information content (AvgIpc) is 2.76. The lowest BCUT2D eigenvalue weighted by molar-refractivity contribution is -0.142. The monoisotopic (exact) mass is 303 g/mol. The third-order valence-corrected chi connectivity index (χ3v) is 5.71. The van der Waals surface area contributed by atoms with Gasteiger partial charge in [-0.3, -0.25) is 4.79 Å². The Labute approximate surface area is 132 Å². The second kappa shape index (κ2) is 6.39. The summed E-state index contributed by atoms with van der Waals surface area (Å²) in [6.07, 6.45) is 10.2. The minimum atomic E-state index is -0.394. The van der Waals surface area contributed by atoms with E-state index < -0.39 is 5.41 Å². The van der Waals surface area contributed by atoms with E-state index >= 15 is 0 Å². The van der Waals surface area contributed by atoms with Crippen molar-refractivity contribution < 1.29 is 9.18 Å². The van der Waals surface area contributed by atoms with Crippen LogP contribution in [-0.4, -0.2) is 23.9 Å². The summed E-state index contributed by atoms with van der Waals surface area (Å²) in [6.45, 7) is 0. The van der Waals surface area contributed by atoms with Gasteiger partial charge in [-0.1, -0.05) is 44.2 Å². The lowest BCUT2D eigenvalue weighted by atomic mass is 9.63. The quantitative estimate of drug-likeness (QED) is 0.757. The number of halogens is 1. The van der Waals surface area contributed by atoms with Gasteiger partial charge >= 0.3 is 0 Å². The van der Waals surface area contributed by atoms with E-state index in [1.54, 1.807) is 12.1 Å². The van der Waals surface area contributed by atoms with Crippen LogP contribution in [0.3, 0.4) is 0 Å². The van der Waals surface area contributed by atoms with Crippen LogP contribution in [-0.2, 0) is 10.2 Å². The molecule has 0 radical (unpaired) electrons. The van der Waals surface area contributed by atoms with Crippen molar-refractivity contribution in [1.82, 2.24) is 4.90 Å². The number of hydrogen-bond donors (Lipinski definition) is 0. The first kappa shape index (κ1) is 15.5. The first-order valence-corrected chi connectivity index (χ1v) is 8.67. The van der Waals surface area contributed by atoms with Gasteiger partial charge in [-0.05, 0) is 43.4 Å². The molecule has 0 spiro atoms. The average molecular weight is 303 g/mol. The predicted octanol–water partition coefficient (Wildman–Crippen LogP) is 4.43. The molecule has 1 amide bonds. The molecule has 0 heterocycles. The van der Waals surface area contributed by atoms with Gasteiger partial charge in [-0.2, -0.15) is 0 Å². The normalized spacial score (nSPS) is 21.7. The lowest BCUT2D eigenvalue weighted by Crippen LogP contribution is -2.52. The van der Waals surface area contributed by atoms with Crippen molar-refractivity contribution in [3.63, 3.8) is 0 Å². The van der Waals surface area contributed by atoms with E-state index in [0.29, 0.717) is 6.04 Å². The van der Waals surface area contributed by atoms with Gasteiger partial charge in [-0.15, -0.1) is 0 Å². The first-order valence-electron chi connectivity index (χ1n) is 8.67. The van der Waals surface area contributed by atoms with Crippen LogP contribution in [0.15, 0.2) is 24.3 Å². The van der Waals surface area contributed by atoms with Crippen molar-refractivity contribution in [2.75, 3.05) is 7.05 Å². The van der Waals surface area contributed by atoms with Gasteiger partial charge in [0.2, 0.25) is 5.91 Å². The Morgan fingerprint density at radius 1 is 1.05 bits per heavy atom. The van der Waals surface area contributed by atoms with Crippen molar-refractivity contribution in [1.29, 1.82) is 0 Å². The number of amides is 1. The number of rotatable bonds is 3. The molecule has 1 aromatic rings. The molecular formula is C19H26FNO. The maximum absolute atomic E-state index is 13.2. The third kappa shape index (κ3) is 2.78. The molecule has 2 aliphatic rings. The van der Waals surface area contributed by atoms with Crippen molar-refractivity contribution in [2.45, 2.75) is 69.2 Å². The summed E-state index contributed by atoms with van der Waals surface area (Å²) in [6, 6.07) is 6.94. The standard InChI is InChI=1S/C19H26FNO/c1-21(17-7-4-2-3-5-8-17)18(22)19(13-6-14-19)15-9-11-16(20)12-10-15/h9-12,17H,2-8,13-14H2,1H3. The number of benzene rings is 1. The van der Waals surface area contributed by atoms with Crippen molar-refractivity contribution in [3.8, 4) is 0 Å². The second-order valence-corrected chi connectivity index (χ2v) is 7.00. The molecule has 120 valence electrons. The summed E-state index contributed by atoms with van der Waals surface area (Å²) in [5, 5.41) is 0. The summed E-state index contributed by atoms with van der Waals surface area (Å²) in [4.78, 5) is 15.2. The Bertz CT molecular complexity index is 513. The third-order valence-electron chi connectivity index (χ3n) is 5.71. The number of hydrogen-bond acceptors (Lipinski definition) is 1. The summed E-state index contributed by atoms with van der Waals surface area (Å²) < 4.78 is 13.2. The molecule has 2 saturated carbocycles. The van der Waals surface area contributed by atoms with E-state index in [1.807, 2.05) is 11.9 Å². The molecule has 2 aliphatic carbocycles. The SMILES string of the molecule is CN(C(=O)C1(c2ccc(F)cc2)CCC1)C1CCCCCC1. The zero-order valence-corrected chi connectivity index (χ0v) is 13.5. The van der Waals surface area contributed by atoms with E-state index in [9.17, 15) is 9.18 Å². The highest BCUT2D eigenvalue weighted by atomic mass is 19.1. The summed E-state index contributed by atoms with van der Waals surface area (Å²) in [5.41, 5.74) is 0.597. The Hall–Kier alpha value is -1.38. The molecule has 2 nitrogen and oxygen atoms in total. The first-order chi connectivity index (χ1) is 10.6. The van der Waals surface area contributed by atoms with Gasteiger partial charge in [-0.25, -0.2) is 4.39 Å². The van der Waals surface area contributed by atoms with E-state index in [2.05, 4.69) is 0 Å². The van der Waals surface area contributed by atoms with Crippen LogP contribution >= 0.6 is 0 Å². The predicted molar refractivity (Wildman–Crippen MR) is 86.2 cm³/mol. The maximum Gasteiger partial charge on any atom is 0.233 e. The van der Waals surface area contributed by atoms with Crippen molar-refractivity contribution in [2.24, 2.45) is 0 Å². The molecule has 0 saturated heterocycles. The number of likely N-dealkylation sites (N-methyl/N-ethyl adjacent to an activating group) is 1. The Morgan fingerprint density at radius 2 is 1.64 bits per heavy atom. The van der Waals surface area contributed by atoms with Crippen molar-refractivity contribution in [3.05, 3.63) is 35.6 Å². The molecule has 0 aromatic heterocycles. The smallest absolute Gasteiger partial charge is 0.233 e. The lowest BCUT2D eigenvalue weighted by Gasteiger charge is -2.45. The Balaban J connectivity index is 1.80. The van der Waals surface area contributed by atoms with Gasteiger partial charge < -0.3 is 4.90 Å². The van der Waals surface area contributed by atoms with Gasteiger partial charge in [0.15, 0.2) is 0 Å². The fourth-order valence-corrected chi connectivity index (χ4v) is 4.07. The minimum absolute atomic E-state index is 0.234. The van der Waals surface area contributed by atoms with Crippen LogP contribution in [0.2, 0.25) is 0 Å². The summed E-state index contributed by atoms with van der Waals surface area (Å²) >= 11 is 0. The Morgan fingerprint density at radius 3 is 2.14 bits per heavy atom. The zero-order chi connectivity index (χ0) is 15.6. The molecule has 0 unspecified atom stereocenters. The highest BCUT2D eigenvalue weighted by molar-refractivity contribution is 5.89. The molecule has 2 fully saturated rings. The van der Waals surface area contributed by atoms with Crippen LogP contribution in [0.4, 0.5) is 4.39 Å². The summed E-state index contributed by atoms with van der Waals surface area (Å²) in [5.74, 6) is 0.0139. The van der Waals surface area contributed by atoms with Gasteiger partial charge in [0, 0.05) is 13.1 Å². The van der Waals surface area contributed by atoms with Gasteiger partial charge in [0.05, 0.1) is 5.41 Å².